The number of halogens is 1. The Bertz CT molecular complexity index is 806. The molecule has 2 fully saturated rings. The molecule has 0 bridgehead atoms. The van der Waals surface area contributed by atoms with Gasteiger partial charge >= 0.3 is 0 Å². The summed E-state index contributed by atoms with van der Waals surface area (Å²) in [6.07, 6.45) is 1.82. The molecular weight excluding hydrogens is 340 g/mol. The maximum atomic E-state index is 12.9. The van der Waals surface area contributed by atoms with Gasteiger partial charge in [-0.05, 0) is 50.3 Å². The molecule has 0 aliphatic carbocycles. The lowest BCUT2D eigenvalue weighted by molar-refractivity contribution is -0.00685. The summed E-state index contributed by atoms with van der Waals surface area (Å²) >= 11 is 6.16. The summed E-state index contributed by atoms with van der Waals surface area (Å²) in [5.74, 6) is 1.99. The van der Waals surface area contributed by atoms with E-state index in [-0.39, 0.29) is 18.1 Å². The van der Waals surface area contributed by atoms with Crippen LogP contribution in [-0.4, -0.2) is 45.2 Å². The van der Waals surface area contributed by atoms with Crippen LogP contribution in [0.15, 0.2) is 18.2 Å². The van der Waals surface area contributed by atoms with E-state index in [1.807, 2.05) is 36.9 Å². The minimum Gasteiger partial charge on any atom is -0.365 e. The first kappa shape index (κ1) is 16.5. The number of aromatic amines is 1. The molecule has 1 unspecified atom stereocenters. The minimum absolute atomic E-state index is 0.0271. The molecule has 0 saturated carbocycles. The third-order valence-electron chi connectivity index (χ3n) is 5.24. The lowest BCUT2D eigenvalue weighted by Crippen LogP contribution is -2.45. The van der Waals surface area contributed by atoms with Crippen LogP contribution in [0.3, 0.4) is 0 Å². The molecule has 2 aliphatic rings. The van der Waals surface area contributed by atoms with Crippen LogP contribution in [0.4, 0.5) is 0 Å². The zero-order valence-corrected chi connectivity index (χ0v) is 15.1. The van der Waals surface area contributed by atoms with Crippen molar-refractivity contribution in [3.05, 3.63) is 46.0 Å². The summed E-state index contributed by atoms with van der Waals surface area (Å²) in [7, 11) is 0. The lowest BCUT2D eigenvalue weighted by Gasteiger charge is -2.34. The number of nitrogens with one attached hydrogen (secondary N) is 1. The first-order valence-electron chi connectivity index (χ1n) is 8.61. The topological polar surface area (TPSA) is 71.1 Å². The third kappa shape index (κ3) is 3.04. The van der Waals surface area contributed by atoms with Gasteiger partial charge in [-0.1, -0.05) is 17.7 Å². The number of fused-ring (bicyclic) bond motifs is 1. The molecule has 25 heavy (non-hydrogen) atoms. The number of nitrogens with zero attached hydrogens (tertiary/aromatic N) is 3. The normalized spacial score (nSPS) is 25.9. The van der Waals surface area contributed by atoms with E-state index < -0.39 is 0 Å². The van der Waals surface area contributed by atoms with Crippen molar-refractivity contribution in [3.63, 3.8) is 0 Å². The van der Waals surface area contributed by atoms with Crippen molar-refractivity contribution in [1.29, 1.82) is 0 Å². The van der Waals surface area contributed by atoms with E-state index >= 15 is 0 Å². The third-order valence-corrected chi connectivity index (χ3v) is 5.65. The average Bonchev–Trinajstić information content (AvgIpc) is 3.21. The predicted molar refractivity (Wildman–Crippen MR) is 93.6 cm³/mol. The van der Waals surface area contributed by atoms with Gasteiger partial charge in [0.1, 0.15) is 11.9 Å². The first-order chi connectivity index (χ1) is 12.0. The highest BCUT2D eigenvalue weighted by molar-refractivity contribution is 6.31. The van der Waals surface area contributed by atoms with Gasteiger partial charge in [0.2, 0.25) is 0 Å². The number of H-pyrrole nitrogens is 1. The van der Waals surface area contributed by atoms with Gasteiger partial charge in [-0.25, -0.2) is 4.98 Å². The van der Waals surface area contributed by atoms with Crippen molar-refractivity contribution in [2.75, 3.05) is 13.1 Å². The Kier molecular flexibility index (Phi) is 4.25. The number of ether oxygens (including phenoxy) is 1. The zero-order chi connectivity index (χ0) is 17.6. The standard InChI is InChI=1S/C18H21ClN4O2/c1-10-13(4-3-5-14(10)19)18(24)23-7-6-12-8-15(25-16(12)9-23)17-20-11(2)21-22-17/h3-5,12,15-16H,6-9H2,1-2H3,(H,20,21,22)/t12?,15-,16-/m1/s1. The number of piperidine rings is 1. The Labute approximate surface area is 151 Å². The number of hydrogen-bond acceptors (Lipinski definition) is 4. The highest BCUT2D eigenvalue weighted by Gasteiger charge is 2.42. The van der Waals surface area contributed by atoms with Crippen molar-refractivity contribution in [1.82, 2.24) is 20.1 Å². The van der Waals surface area contributed by atoms with Crippen LogP contribution in [0.25, 0.3) is 0 Å². The van der Waals surface area contributed by atoms with E-state index in [2.05, 4.69) is 15.2 Å². The molecule has 1 N–H and O–H groups in total. The van der Waals surface area contributed by atoms with Crippen LogP contribution in [0.1, 0.15) is 46.5 Å². The van der Waals surface area contributed by atoms with Crippen LogP contribution < -0.4 is 0 Å². The van der Waals surface area contributed by atoms with Crippen LogP contribution in [0.2, 0.25) is 5.02 Å². The molecule has 0 radical (unpaired) electrons. The van der Waals surface area contributed by atoms with Crippen LogP contribution in [0.5, 0.6) is 0 Å². The number of benzene rings is 1. The Balaban J connectivity index is 1.47. The maximum Gasteiger partial charge on any atom is 0.254 e. The number of hydrogen-bond donors (Lipinski definition) is 1. The average molecular weight is 361 g/mol. The van der Waals surface area contributed by atoms with Crippen molar-refractivity contribution < 1.29 is 9.53 Å². The second-order valence-corrected chi connectivity index (χ2v) is 7.30. The highest BCUT2D eigenvalue weighted by Crippen LogP contribution is 2.40. The second kappa shape index (κ2) is 6.42. The summed E-state index contributed by atoms with van der Waals surface area (Å²) < 4.78 is 6.17. The van der Waals surface area contributed by atoms with Gasteiger partial charge in [0.05, 0.1) is 6.10 Å². The summed E-state index contributed by atoms with van der Waals surface area (Å²) in [4.78, 5) is 19.2. The number of carbonyl (C=O) groups excluding carboxylic acids is 1. The van der Waals surface area contributed by atoms with Gasteiger partial charge in [0.25, 0.3) is 5.91 Å². The van der Waals surface area contributed by atoms with Crippen LogP contribution >= 0.6 is 11.6 Å². The van der Waals surface area contributed by atoms with Gasteiger partial charge in [0.15, 0.2) is 5.82 Å². The maximum absolute atomic E-state index is 12.9. The van der Waals surface area contributed by atoms with Crippen LogP contribution in [0, 0.1) is 19.8 Å². The molecule has 2 aliphatic heterocycles. The molecular formula is C18H21ClN4O2. The van der Waals surface area contributed by atoms with Crippen molar-refractivity contribution in [2.24, 2.45) is 5.92 Å². The Morgan fingerprint density at radius 2 is 2.24 bits per heavy atom. The number of rotatable bonds is 2. The van der Waals surface area contributed by atoms with Crippen molar-refractivity contribution in [2.45, 2.75) is 38.9 Å². The van der Waals surface area contributed by atoms with Gasteiger partial charge in [0, 0.05) is 23.7 Å². The fraction of sp³-hybridized carbons (Fsp3) is 0.500. The Hall–Kier alpha value is -1.92. The monoisotopic (exact) mass is 360 g/mol. The quantitative estimate of drug-likeness (QED) is 0.893. The summed E-state index contributed by atoms with van der Waals surface area (Å²) in [5.41, 5.74) is 1.50. The second-order valence-electron chi connectivity index (χ2n) is 6.89. The molecule has 3 atom stereocenters. The summed E-state index contributed by atoms with van der Waals surface area (Å²) in [6.45, 7) is 5.12. The van der Waals surface area contributed by atoms with E-state index in [4.69, 9.17) is 16.3 Å². The zero-order valence-electron chi connectivity index (χ0n) is 14.3. The molecule has 0 spiro atoms. The van der Waals surface area contributed by atoms with Gasteiger partial charge in [-0.2, -0.15) is 5.10 Å². The Morgan fingerprint density at radius 1 is 1.40 bits per heavy atom. The Morgan fingerprint density at radius 3 is 3.00 bits per heavy atom. The smallest absolute Gasteiger partial charge is 0.254 e. The fourth-order valence-corrected chi connectivity index (χ4v) is 3.97. The number of carbonyl (C=O) groups is 1. The highest BCUT2D eigenvalue weighted by atomic mass is 35.5. The summed E-state index contributed by atoms with van der Waals surface area (Å²) in [5, 5.41) is 7.71. The van der Waals surface area contributed by atoms with E-state index in [1.165, 1.54) is 0 Å². The molecule has 6 nitrogen and oxygen atoms in total. The van der Waals surface area contributed by atoms with E-state index in [0.717, 1.165) is 36.6 Å². The SMILES string of the molecule is Cc1nc([C@H]2CC3CCN(C(=O)c4cccc(Cl)c4C)C[C@H]3O2)n[nH]1. The van der Waals surface area contributed by atoms with E-state index in [1.54, 1.807) is 0 Å². The molecule has 1 amide bonds. The largest absolute Gasteiger partial charge is 0.365 e. The summed E-state index contributed by atoms with van der Waals surface area (Å²) in [6, 6.07) is 5.47. The molecule has 4 rings (SSSR count). The lowest BCUT2D eigenvalue weighted by atomic mass is 9.91. The van der Waals surface area contributed by atoms with Crippen molar-refractivity contribution in [3.8, 4) is 0 Å². The molecule has 132 valence electrons. The molecule has 7 heteroatoms. The molecule has 2 saturated heterocycles. The molecule has 3 heterocycles. The van der Waals surface area contributed by atoms with Gasteiger partial charge < -0.3 is 9.64 Å². The molecule has 1 aromatic heterocycles. The van der Waals surface area contributed by atoms with Crippen LogP contribution in [-0.2, 0) is 4.74 Å². The number of aryl methyl sites for hydroxylation is 1. The number of aromatic nitrogens is 3. The number of amides is 1. The van der Waals surface area contributed by atoms with Gasteiger partial charge in [-0.3, -0.25) is 9.89 Å². The molecule has 1 aromatic carbocycles. The van der Waals surface area contributed by atoms with E-state index in [9.17, 15) is 4.79 Å². The number of likely N-dealkylation sites (tertiary alicyclic amines) is 1. The predicted octanol–water partition coefficient (Wildman–Crippen LogP) is 3.07. The minimum atomic E-state index is -0.0806. The molecule has 2 aromatic rings. The van der Waals surface area contributed by atoms with Gasteiger partial charge in [-0.15, -0.1) is 0 Å². The first-order valence-corrected chi connectivity index (χ1v) is 8.99. The fourth-order valence-electron chi connectivity index (χ4n) is 3.79. The van der Waals surface area contributed by atoms with Crippen molar-refractivity contribution >= 4 is 17.5 Å². The van der Waals surface area contributed by atoms with E-state index in [0.29, 0.717) is 23.0 Å².